The molecule has 7 nitrogen and oxygen atoms in total. The summed E-state index contributed by atoms with van der Waals surface area (Å²) in [4.78, 5) is 28.0. The van der Waals surface area contributed by atoms with Gasteiger partial charge in [-0.1, -0.05) is 18.7 Å². The van der Waals surface area contributed by atoms with Crippen molar-refractivity contribution >= 4 is 17.6 Å². The third-order valence-corrected chi connectivity index (χ3v) is 4.04. The van der Waals surface area contributed by atoms with Crippen LogP contribution in [0.25, 0.3) is 0 Å². The molecule has 0 unspecified atom stereocenters. The second-order valence-electron chi connectivity index (χ2n) is 5.81. The van der Waals surface area contributed by atoms with Crippen molar-refractivity contribution in [2.45, 2.75) is 0 Å². The number of hydrogen-bond donors (Lipinski definition) is 1. The van der Waals surface area contributed by atoms with E-state index < -0.39 is 0 Å². The Morgan fingerprint density at radius 3 is 2.62 bits per heavy atom. The van der Waals surface area contributed by atoms with E-state index in [9.17, 15) is 9.59 Å². The molecular weight excluding hydrogens is 334 g/mol. The van der Waals surface area contributed by atoms with Crippen LogP contribution < -0.4 is 10.1 Å². The van der Waals surface area contributed by atoms with Gasteiger partial charge in [-0.3, -0.25) is 4.79 Å². The number of rotatable bonds is 5. The van der Waals surface area contributed by atoms with Gasteiger partial charge in [-0.15, -0.1) is 0 Å². The van der Waals surface area contributed by atoms with Gasteiger partial charge < -0.3 is 24.3 Å². The number of ether oxygens (including phenoxy) is 1. The number of hydrogen-bond acceptors (Lipinski definition) is 4. The Labute approximate surface area is 151 Å². The predicted octanol–water partition coefficient (Wildman–Crippen LogP) is 2.83. The van der Waals surface area contributed by atoms with Crippen molar-refractivity contribution in [2.75, 3.05) is 38.1 Å². The molecular formula is C19H21N3O4. The van der Waals surface area contributed by atoms with E-state index in [2.05, 4.69) is 11.9 Å². The molecule has 1 aromatic heterocycles. The Bertz CT molecular complexity index is 765. The number of carbonyl (C=O) groups excluding carboxylic acids is 2. The standard InChI is InChI=1S/C19H21N3O4/c1-2-12-25-16-6-3-5-15(14-16)20-19(24)22-10-8-21(9-11-22)18(23)17-7-4-13-26-17/h2-7,13-14H,1,8-12H2,(H,20,24). The van der Waals surface area contributed by atoms with Gasteiger partial charge in [0.05, 0.1) is 6.26 Å². The van der Waals surface area contributed by atoms with Gasteiger partial charge in [-0.25, -0.2) is 4.79 Å². The first kappa shape index (κ1) is 17.6. The SMILES string of the molecule is C=CCOc1cccc(NC(=O)N2CCN(C(=O)c3ccco3)CC2)c1. The van der Waals surface area contributed by atoms with Crippen molar-refractivity contribution in [1.29, 1.82) is 0 Å². The van der Waals surface area contributed by atoms with Crippen LogP contribution in [0.2, 0.25) is 0 Å². The van der Waals surface area contributed by atoms with Crippen LogP contribution >= 0.6 is 0 Å². The first-order valence-corrected chi connectivity index (χ1v) is 8.40. The van der Waals surface area contributed by atoms with Crippen LogP contribution in [0.15, 0.2) is 59.7 Å². The first-order valence-electron chi connectivity index (χ1n) is 8.40. The van der Waals surface area contributed by atoms with Crippen LogP contribution in [0.3, 0.4) is 0 Å². The highest BCUT2D eigenvalue weighted by Gasteiger charge is 2.26. The van der Waals surface area contributed by atoms with Crippen LogP contribution in [0.4, 0.5) is 10.5 Å². The molecule has 1 N–H and O–H groups in total. The molecule has 1 aromatic carbocycles. The summed E-state index contributed by atoms with van der Waals surface area (Å²) >= 11 is 0. The zero-order valence-electron chi connectivity index (χ0n) is 14.4. The number of urea groups is 1. The molecule has 26 heavy (non-hydrogen) atoms. The van der Waals surface area contributed by atoms with Gasteiger partial charge in [0, 0.05) is 37.9 Å². The minimum absolute atomic E-state index is 0.151. The van der Waals surface area contributed by atoms with E-state index in [0.29, 0.717) is 50.0 Å². The van der Waals surface area contributed by atoms with Crippen LogP contribution in [-0.2, 0) is 0 Å². The van der Waals surface area contributed by atoms with Gasteiger partial charge >= 0.3 is 6.03 Å². The number of benzene rings is 1. The lowest BCUT2D eigenvalue weighted by Crippen LogP contribution is -2.51. The van der Waals surface area contributed by atoms with E-state index in [-0.39, 0.29) is 11.9 Å². The number of piperazine rings is 1. The molecule has 1 aliphatic rings. The lowest BCUT2D eigenvalue weighted by Gasteiger charge is -2.34. The third-order valence-electron chi connectivity index (χ3n) is 4.04. The molecule has 3 rings (SSSR count). The Kier molecular flexibility index (Phi) is 5.58. The van der Waals surface area contributed by atoms with E-state index in [1.54, 1.807) is 40.1 Å². The Hall–Kier alpha value is -3.22. The van der Waals surface area contributed by atoms with Crippen LogP contribution in [0, 0.1) is 0 Å². The molecule has 0 saturated carbocycles. The first-order chi connectivity index (χ1) is 12.7. The zero-order chi connectivity index (χ0) is 18.4. The summed E-state index contributed by atoms with van der Waals surface area (Å²) in [5, 5.41) is 2.86. The molecule has 0 atom stereocenters. The fraction of sp³-hybridized carbons (Fsp3) is 0.263. The highest BCUT2D eigenvalue weighted by Crippen LogP contribution is 2.18. The fourth-order valence-electron chi connectivity index (χ4n) is 2.69. The average molecular weight is 355 g/mol. The maximum absolute atomic E-state index is 12.4. The molecule has 0 spiro atoms. The number of nitrogens with one attached hydrogen (secondary N) is 1. The minimum atomic E-state index is -0.198. The van der Waals surface area contributed by atoms with Crippen LogP contribution in [0.5, 0.6) is 5.75 Å². The van der Waals surface area contributed by atoms with Crippen molar-refractivity contribution < 1.29 is 18.7 Å². The van der Waals surface area contributed by atoms with Gasteiger partial charge in [0.2, 0.25) is 0 Å². The molecule has 1 fully saturated rings. The molecule has 0 radical (unpaired) electrons. The van der Waals surface area contributed by atoms with Gasteiger partial charge in [0.15, 0.2) is 5.76 Å². The van der Waals surface area contributed by atoms with E-state index >= 15 is 0 Å². The lowest BCUT2D eigenvalue weighted by molar-refractivity contribution is 0.0640. The minimum Gasteiger partial charge on any atom is -0.489 e. The number of furan rings is 1. The van der Waals surface area contributed by atoms with Gasteiger partial charge in [0.1, 0.15) is 12.4 Å². The van der Waals surface area contributed by atoms with Crippen molar-refractivity contribution in [3.63, 3.8) is 0 Å². The lowest BCUT2D eigenvalue weighted by atomic mass is 10.3. The highest BCUT2D eigenvalue weighted by atomic mass is 16.5. The van der Waals surface area contributed by atoms with Crippen molar-refractivity contribution in [3.05, 3.63) is 61.1 Å². The average Bonchev–Trinajstić information content (AvgIpc) is 3.21. The third kappa shape index (κ3) is 4.24. The van der Waals surface area contributed by atoms with Crippen LogP contribution in [-0.4, -0.2) is 54.5 Å². The Balaban J connectivity index is 1.52. The van der Waals surface area contributed by atoms with Gasteiger partial charge in [0.25, 0.3) is 5.91 Å². The summed E-state index contributed by atoms with van der Waals surface area (Å²) in [5.74, 6) is 0.831. The monoisotopic (exact) mass is 355 g/mol. The summed E-state index contributed by atoms with van der Waals surface area (Å²) in [5.41, 5.74) is 0.658. The molecule has 3 amide bonds. The molecule has 7 heteroatoms. The number of carbonyl (C=O) groups is 2. The summed E-state index contributed by atoms with van der Waals surface area (Å²) < 4.78 is 10.6. The van der Waals surface area contributed by atoms with E-state index in [1.165, 1.54) is 6.26 Å². The molecule has 1 saturated heterocycles. The number of anilines is 1. The molecule has 136 valence electrons. The second kappa shape index (κ2) is 8.24. The Morgan fingerprint density at radius 1 is 1.15 bits per heavy atom. The molecule has 2 aromatic rings. The summed E-state index contributed by atoms with van der Waals surface area (Å²) in [6.45, 7) is 5.87. The van der Waals surface area contributed by atoms with E-state index in [4.69, 9.17) is 9.15 Å². The molecule has 2 heterocycles. The fourth-order valence-corrected chi connectivity index (χ4v) is 2.69. The number of nitrogens with zero attached hydrogens (tertiary/aromatic N) is 2. The van der Waals surface area contributed by atoms with Crippen molar-refractivity contribution in [3.8, 4) is 5.75 Å². The molecule has 0 bridgehead atoms. The Morgan fingerprint density at radius 2 is 1.92 bits per heavy atom. The van der Waals surface area contributed by atoms with E-state index in [0.717, 1.165) is 0 Å². The predicted molar refractivity (Wildman–Crippen MR) is 97.3 cm³/mol. The molecule has 0 aliphatic carbocycles. The van der Waals surface area contributed by atoms with Gasteiger partial charge in [-0.2, -0.15) is 0 Å². The highest BCUT2D eigenvalue weighted by molar-refractivity contribution is 5.92. The topological polar surface area (TPSA) is 75.0 Å². The van der Waals surface area contributed by atoms with E-state index in [1.807, 2.05) is 12.1 Å². The van der Waals surface area contributed by atoms with Crippen molar-refractivity contribution in [1.82, 2.24) is 9.80 Å². The smallest absolute Gasteiger partial charge is 0.321 e. The number of amides is 3. The maximum Gasteiger partial charge on any atom is 0.321 e. The summed E-state index contributed by atoms with van der Waals surface area (Å²) in [6, 6.07) is 10.3. The summed E-state index contributed by atoms with van der Waals surface area (Å²) in [6.07, 6.45) is 3.14. The summed E-state index contributed by atoms with van der Waals surface area (Å²) in [7, 11) is 0. The normalized spacial score (nSPS) is 14.0. The quantitative estimate of drug-likeness (QED) is 0.837. The maximum atomic E-state index is 12.4. The zero-order valence-corrected chi connectivity index (χ0v) is 14.4. The van der Waals surface area contributed by atoms with Gasteiger partial charge in [-0.05, 0) is 24.3 Å². The largest absolute Gasteiger partial charge is 0.489 e. The van der Waals surface area contributed by atoms with Crippen LogP contribution in [0.1, 0.15) is 10.6 Å². The second-order valence-corrected chi connectivity index (χ2v) is 5.81. The molecule has 1 aliphatic heterocycles. The van der Waals surface area contributed by atoms with Crippen molar-refractivity contribution in [2.24, 2.45) is 0 Å².